The van der Waals surface area contributed by atoms with Crippen LogP contribution in [0.2, 0.25) is 0 Å². The van der Waals surface area contributed by atoms with Gasteiger partial charge >= 0.3 is 5.97 Å². The molecule has 1 fully saturated rings. The molecule has 0 spiro atoms. The van der Waals surface area contributed by atoms with E-state index in [1.165, 1.54) is 7.11 Å². The van der Waals surface area contributed by atoms with Crippen LogP contribution in [0.3, 0.4) is 0 Å². The second-order valence-electron chi connectivity index (χ2n) is 7.48. The van der Waals surface area contributed by atoms with E-state index >= 15 is 0 Å². The van der Waals surface area contributed by atoms with Gasteiger partial charge in [-0.05, 0) is 72.1 Å². The van der Waals surface area contributed by atoms with Crippen molar-refractivity contribution in [3.05, 3.63) is 69.4 Å². The molecule has 0 saturated carbocycles. The van der Waals surface area contributed by atoms with E-state index in [0.29, 0.717) is 11.1 Å². The molecule has 1 aliphatic rings. The van der Waals surface area contributed by atoms with Crippen molar-refractivity contribution >= 4 is 34.5 Å². The highest BCUT2D eigenvalue weighted by molar-refractivity contribution is 14.1. The van der Waals surface area contributed by atoms with Gasteiger partial charge in [0.05, 0.1) is 24.1 Å². The van der Waals surface area contributed by atoms with Crippen molar-refractivity contribution < 1.29 is 14.3 Å². The Morgan fingerprint density at radius 3 is 2.16 bits per heavy atom. The Morgan fingerprint density at radius 1 is 0.935 bits per heavy atom. The number of hydrogen-bond acceptors (Lipinski definition) is 5. The third kappa shape index (κ3) is 4.64. The Balaban J connectivity index is 1.52. The molecule has 1 saturated heterocycles. The Kier molecular flexibility index (Phi) is 6.38. The molecule has 160 valence electrons. The Morgan fingerprint density at radius 2 is 1.55 bits per heavy atom. The Hall–Kier alpha value is -2.72. The van der Waals surface area contributed by atoms with Crippen LogP contribution in [0.1, 0.15) is 20.7 Å². The summed E-state index contributed by atoms with van der Waals surface area (Å²) in [4.78, 5) is 28.5. The van der Waals surface area contributed by atoms with Crippen LogP contribution in [0.5, 0.6) is 0 Å². The summed E-state index contributed by atoms with van der Waals surface area (Å²) >= 11 is 2.24. The van der Waals surface area contributed by atoms with Gasteiger partial charge in [-0.25, -0.2) is 9.48 Å². The maximum atomic E-state index is 12.8. The monoisotopic (exact) mass is 530 g/mol. The van der Waals surface area contributed by atoms with E-state index in [1.54, 1.807) is 12.1 Å². The van der Waals surface area contributed by atoms with Crippen molar-refractivity contribution in [2.75, 3.05) is 40.3 Å². The number of carbonyl (C=O) groups is 2. The zero-order chi connectivity index (χ0) is 22.0. The number of benzene rings is 2. The average Bonchev–Trinajstić information content (AvgIpc) is 3.20. The lowest BCUT2D eigenvalue weighted by Crippen LogP contribution is -2.47. The van der Waals surface area contributed by atoms with Crippen molar-refractivity contribution in [2.24, 2.45) is 0 Å². The lowest BCUT2D eigenvalue weighted by Gasteiger charge is -2.32. The van der Waals surface area contributed by atoms with E-state index in [4.69, 9.17) is 9.84 Å². The minimum Gasteiger partial charge on any atom is -0.465 e. The number of carbonyl (C=O) groups excluding carboxylic acids is 2. The number of methoxy groups -OCH3 is 1. The smallest absolute Gasteiger partial charge is 0.337 e. The largest absolute Gasteiger partial charge is 0.465 e. The molecule has 0 bridgehead atoms. The first-order chi connectivity index (χ1) is 15.0. The summed E-state index contributed by atoms with van der Waals surface area (Å²) in [6, 6.07) is 16.7. The summed E-state index contributed by atoms with van der Waals surface area (Å²) in [6.07, 6.45) is 0. The number of likely N-dealkylation sites (N-methyl/N-ethyl adjacent to an activating group) is 1. The van der Waals surface area contributed by atoms with Gasteiger partial charge < -0.3 is 14.5 Å². The van der Waals surface area contributed by atoms with E-state index in [1.807, 2.05) is 52.0 Å². The number of halogens is 1. The standard InChI is InChI=1S/C23H23IN4O3/c1-26-11-13-27(14-12-26)22(29)17-7-9-19(10-8-17)28-21(24)15-20(25-28)16-3-5-18(6-4-16)23(30)31-2/h3-10,15H,11-14H2,1-2H3. The summed E-state index contributed by atoms with van der Waals surface area (Å²) < 4.78 is 7.53. The molecule has 3 aromatic rings. The minimum absolute atomic E-state index is 0.0706. The first kappa shape index (κ1) is 21.5. The molecule has 0 unspecified atom stereocenters. The van der Waals surface area contributed by atoms with Crippen LogP contribution in [-0.4, -0.2) is 71.8 Å². The van der Waals surface area contributed by atoms with Gasteiger partial charge in [-0.2, -0.15) is 5.10 Å². The fraction of sp³-hybridized carbons (Fsp3) is 0.261. The van der Waals surface area contributed by atoms with E-state index in [2.05, 4.69) is 34.5 Å². The molecular weight excluding hydrogens is 507 g/mol. The molecule has 1 aromatic heterocycles. The molecule has 0 atom stereocenters. The maximum Gasteiger partial charge on any atom is 0.337 e. The highest BCUT2D eigenvalue weighted by Gasteiger charge is 2.20. The molecule has 4 rings (SSSR count). The van der Waals surface area contributed by atoms with Crippen molar-refractivity contribution in [2.45, 2.75) is 0 Å². The second-order valence-corrected chi connectivity index (χ2v) is 8.58. The minimum atomic E-state index is -0.363. The topological polar surface area (TPSA) is 67.7 Å². The van der Waals surface area contributed by atoms with Crippen LogP contribution < -0.4 is 0 Å². The second kappa shape index (κ2) is 9.19. The van der Waals surface area contributed by atoms with Crippen molar-refractivity contribution in [3.63, 3.8) is 0 Å². The molecular formula is C23H23IN4O3. The fourth-order valence-corrected chi connectivity index (χ4v) is 4.19. The van der Waals surface area contributed by atoms with Gasteiger partial charge in [0, 0.05) is 37.3 Å². The lowest BCUT2D eigenvalue weighted by molar-refractivity contribution is 0.0600. The Labute approximate surface area is 194 Å². The van der Waals surface area contributed by atoms with Gasteiger partial charge in [-0.15, -0.1) is 0 Å². The summed E-state index contributed by atoms with van der Waals surface area (Å²) in [5.41, 5.74) is 3.79. The molecule has 1 aliphatic heterocycles. The molecule has 2 aromatic carbocycles. The SMILES string of the molecule is COC(=O)c1ccc(-c2cc(I)n(-c3ccc(C(=O)N4CCN(C)CC4)cc3)n2)cc1. The van der Waals surface area contributed by atoms with Crippen molar-refractivity contribution in [1.82, 2.24) is 19.6 Å². The average molecular weight is 530 g/mol. The number of aromatic nitrogens is 2. The molecule has 31 heavy (non-hydrogen) atoms. The first-order valence-corrected chi connectivity index (χ1v) is 11.1. The number of hydrogen-bond donors (Lipinski definition) is 0. The maximum absolute atomic E-state index is 12.8. The number of ether oxygens (including phenoxy) is 1. The molecule has 8 heteroatoms. The molecule has 2 heterocycles. The third-order valence-corrected chi connectivity index (χ3v) is 6.19. The zero-order valence-electron chi connectivity index (χ0n) is 17.4. The van der Waals surface area contributed by atoms with Crippen LogP contribution in [0.15, 0.2) is 54.6 Å². The van der Waals surface area contributed by atoms with E-state index in [9.17, 15) is 9.59 Å². The quantitative estimate of drug-likeness (QED) is 0.383. The molecule has 0 radical (unpaired) electrons. The van der Waals surface area contributed by atoms with Crippen LogP contribution in [0.4, 0.5) is 0 Å². The van der Waals surface area contributed by atoms with Gasteiger partial charge in [-0.1, -0.05) is 12.1 Å². The first-order valence-electron chi connectivity index (χ1n) is 9.99. The van der Waals surface area contributed by atoms with Gasteiger partial charge in [-0.3, -0.25) is 4.79 Å². The van der Waals surface area contributed by atoms with Crippen LogP contribution in [0, 0.1) is 3.70 Å². The highest BCUT2D eigenvalue weighted by Crippen LogP contribution is 2.24. The molecule has 7 nitrogen and oxygen atoms in total. The fourth-order valence-electron chi connectivity index (χ4n) is 3.51. The van der Waals surface area contributed by atoms with Gasteiger partial charge in [0.15, 0.2) is 0 Å². The number of esters is 1. The lowest BCUT2D eigenvalue weighted by atomic mass is 10.1. The van der Waals surface area contributed by atoms with E-state index in [0.717, 1.165) is 46.8 Å². The highest BCUT2D eigenvalue weighted by atomic mass is 127. The summed E-state index contributed by atoms with van der Waals surface area (Å²) in [5, 5.41) is 4.71. The van der Waals surface area contributed by atoms with Gasteiger partial charge in [0.2, 0.25) is 0 Å². The number of rotatable bonds is 4. The Bertz CT molecular complexity index is 1090. The molecule has 1 amide bonds. The molecule has 0 aliphatic carbocycles. The van der Waals surface area contributed by atoms with Crippen LogP contribution in [0.25, 0.3) is 16.9 Å². The summed E-state index contributed by atoms with van der Waals surface area (Å²) in [7, 11) is 3.44. The van der Waals surface area contributed by atoms with Crippen molar-refractivity contribution in [3.8, 4) is 16.9 Å². The number of nitrogens with zero attached hydrogens (tertiary/aromatic N) is 4. The van der Waals surface area contributed by atoms with Gasteiger partial charge in [0.25, 0.3) is 5.91 Å². The number of amides is 1. The summed E-state index contributed by atoms with van der Waals surface area (Å²) in [5.74, 6) is -0.293. The number of piperazine rings is 1. The predicted molar refractivity (Wildman–Crippen MR) is 126 cm³/mol. The summed E-state index contributed by atoms with van der Waals surface area (Å²) in [6.45, 7) is 3.32. The molecule has 0 N–H and O–H groups in total. The normalized spacial score (nSPS) is 14.5. The predicted octanol–water partition coefficient (Wildman–Crippen LogP) is 3.32. The van der Waals surface area contributed by atoms with Gasteiger partial charge in [0.1, 0.15) is 3.70 Å². The van der Waals surface area contributed by atoms with Crippen LogP contribution in [-0.2, 0) is 4.74 Å². The zero-order valence-corrected chi connectivity index (χ0v) is 19.6. The third-order valence-electron chi connectivity index (χ3n) is 5.42. The van der Waals surface area contributed by atoms with E-state index < -0.39 is 0 Å². The van der Waals surface area contributed by atoms with Crippen molar-refractivity contribution in [1.29, 1.82) is 0 Å². The van der Waals surface area contributed by atoms with Crippen LogP contribution >= 0.6 is 22.6 Å². The van der Waals surface area contributed by atoms with E-state index in [-0.39, 0.29) is 11.9 Å².